The molecule has 1 fully saturated rings. The first-order chi connectivity index (χ1) is 18.9. The molecule has 232 valence electrons. The minimum Gasteiger partial charge on any atom is -0.451 e. The number of carbonyl (C=O) groups is 1. The van der Waals surface area contributed by atoms with Crippen molar-refractivity contribution >= 4 is 35.3 Å². The van der Waals surface area contributed by atoms with Gasteiger partial charge < -0.3 is 51.4 Å². The number of nitrogens with two attached hydrogens (primary N) is 3. The number of unbranched alkanes of at least 4 members (excludes halogenated alkanes) is 1. The first-order valence-corrected chi connectivity index (χ1v) is 16.1. The summed E-state index contributed by atoms with van der Waals surface area (Å²) in [5, 5.41) is 10.3. The van der Waals surface area contributed by atoms with E-state index in [9.17, 15) is 38.2 Å². The van der Waals surface area contributed by atoms with Crippen molar-refractivity contribution in [3.63, 3.8) is 0 Å². The van der Waals surface area contributed by atoms with Gasteiger partial charge in [0.25, 0.3) is 0 Å². The largest absolute Gasteiger partial charge is 0.490 e. The third-order valence-electron chi connectivity index (χ3n) is 5.10. The Kier molecular flexibility index (Phi) is 12.8. The summed E-state index contributed by atoms with van der Waals surface area (Å²) in [5.74, 6) is 4.19. The van der Waals surface area contributed by atoms with Crippen molar-refractivity contribution in [2.24, 2.45) is 11.5 Å². The van der Waals surface area contributed by atoms with Crippen LogP contribution in [0.25, 0.3) is 0 Å². The molecule has 1 aromatic heterocycles. The summed E-state index contributed by atoms with van der Waals surface area (Å²) in [6, 6.07) is -0.840. The van der Waals surface area contributed by atoms with E-state index in [0.29, 0.717) is 25.8 Å². The number of aliphatic hydroxyl groups is 1. The third kappa shape index (κ3) is 12.0. The maximum Gasteiger partial charge on any atom is 0.490 e. The highest BCUT2D eigenvalue weighted by molar-refractivity contribution is 7.66. The highest BCUT2D eigenvalue weighted by Crippen LogP contribution is 2.66. The minimum absolute atomic E-state index is 0.0303. The third-order valence-corrected chi connectivity index (χ3v) is 8.90. The average Bonchev–Trinajstić information content (AvgIpc) is 3.19. The zero-order valence-electron chi connectivity index (χ0n) is 21.1. The van der Waals surface area contributed by atoms with Gasteiger partial charge in [-0.15, -0.1) is 0 Å². The van der Waals surface area contributed by atoms with E-state index >= 15 is 0 Å². The molecule has 1 aromatic rings. The molecule has 20 nitrogen and oxygen atoms in total. The number of hydrogen-bond acceptors (Lipinski definition) is 15. The Morgan fingerprint density at radius 3 is 2.51 bits per heavy atom. The van der Waals surface area contributed by atoms with Gasteiger partial charge in [0.15, 0.2) is 6.61 Å². The second-order valence-electron chi connectivity index (χ2n) is 8.35. The maximum absolute atomic E-state index is 12.4. The monoisotopic (exact) mass is 649 g/mol. The number of aliphatic hydroxyl groups excluding tert-OH is 1. The van der Waals surface area contributed by atoms with Gasteiger partial charge in [0, 0.05) is 12.6 Å². The van der Waals surface area contributed by atoms with Crippen LogP contribution in [0.15, 0.2) is 11.0 Å². The Morgan fingerprint density at radius 2 is 1.88 bits per heavy atom. The quantitative estimate of drug-likeness (QED) is 0.0475. The molecule has 0 aromatic carbocycles. The van der Waals surface area contributed by atoms with E-state index in [0.717, 1.165) is 10.8 Å². The molecule has 1 aliphatic rings. The van der Waals surface area contributed by atoms with Gasteiger partial charge in [-0.2, -0.15) is 13.6 Å². The number of hydrogen-bond donors (Lipinski definition) is 8. The van der Waals surface area contributed by atoms with E-state index in [1.165, 1.54) is 0 Å². The fourth-order valence-electron chi connectivity index (χ4n) is 3.26. The summed E-state index contributed by atoms with van der Waals surface area (Å²) in [7, 11) is -16.8. The van der Waals surface area contributed by atoms with Crippen LogP contribution in [0.4, 0.5) is 5.82 Å². The fourth-order valence-corrected chi connectivity index (χ4v) is 6.29. The zero-order chi connectivity index (χ0) is 31.0. The van der Waals surface area contributed by atoms with Crippen molar-refractivity contribution in [2.45, 2.75) is 50.2 Å². The number of nitrogens with zero attached hydrogens (tertiary/aromatic N) is 2. The number of rotatable bonds is 14. The molecule has 0 aliphatic carbocycles. The number of carbonyl (C=O) groups excluding carboxylic acids is 1. The number of nitrogen functional groups attached to an aromatic ring is 1. The van der Waals surface area contributed by atoms with Crippen molar-refractivity contribution in [3.8, 4) is 11.8 Å². The molecule has 4 unspecified atom stereocenters. The number of esters is 1. The van der Waals surface area contributed by atoms with Crippen LogP contribution in [-0.2, 0) is 41.1 Å². The molecule has 6 atom stereocenters. The molecule has 1 saturated heterocycles. The van der Waals surface area contributed by atoms with Gasteiger partial charge in [-0.3, -0.25) is 13.9 Å². The van der Waals surface area contributed by atoms with E-state index in [1.807, 2.05) is 0 Å². The van der Waals surface area contributed by atoms with Crippen LogP contribution in [0.3, 0.4) is 0 Å². The summed E-state index contributed by atoms with van der Waals surface area (Å²) in [5.41, 5.74) is 16.0. The highest BCUT2D eigenvalue weighted by Gasteiger charge is 2.43. The molecule has 0 radical (unpaired) electrons. The molecule has 41 heavy (non-hydrogen) atoms. The predicted octanol–water partition coefficient (Wildman–Crippen LogP) is -1.83. The van der Waals surface area contributed by atoms with Gasteiger partial charge in [-0.25, -0.2) is 18.5 Å². The van der Waals surface area contributed by atoms with Gasteiger partial charge in [-0.05, 0) is 19.4 Å². The van der Waals surface area contributed by atoms with Gasteiger partial charge in [0.2, 0.25) is 0 Å². The van der Waals surface area contributed by atoms with Crippen molar-refractivity contribution < 1.29 is 65.8 Å². The summed E-state index contributed by atoms with van der Waals surface area (Å²) < 4.78 is 57.0. The van der Waals surface area contributed by atoms with Gasteiger partial charge in [-0.1, -0.05) is 18.3 Å². The van der Waals surface area contributed by atoms with E-state index in [4.69, 9.17) is 36.5 Å². The number of ether oxygens (including phenoxy) is 2. The first kappa shape index (κ1) is 35.2. The number of anilines is 1. The van der Waals surface area contributed by atoms with Gasteiger partial charge >= 0.3 is 35.1 Å². The zero-order valence-corrected chi connectivity index (χ0v) is 23.8. The molecule has 11 N–H and O–H groups in total. The number of aromatic nitrogens is 2. The molecule has 2 rings (SSSR count). The fraction of sp³-hybridized carbons (Fsp3) is 0.611. The van der Waals surface area contributed by atoms with Crippen LogP contribution in [0.5, 0.6) is 0 Å². The van der Waals surface area contributed by atoms with Crippen LogP contribution < -0.4 is 22.9 Å². The number of phosphoric ester groups is 1. The Morgan fingerprint density at radius 1 is 1.20 bits per heavy atom. The normalized spacial score (nSPS) is 22.7. The lowest BCUT2D eigenvalue weighted by Crippen LogP contribution is -2.32. The average molecular weight is 649 g/mol. The Bertz CT molecular complexity index is 1340. The Balaban J connectivity index is 2.02. The highest BCUT2D eigenvalue weighted by atomic mass is 31.3. The molecule has 0 amide bonds. The second-order valence-corrected chi connectivity index (χ2v) is 12.8. The number of phosphoric acid groups is 3. The summed E-state index contributed by atoms with van der Waals surface area (Å²) in [6.07, 6.45) is -1.36. The lowest BCUT2D eigenvalue weighted by Gasteiger charge is -2.19. The second kappa shape index (κ2) is 14.9. The van der Waals surface area contributed by atoms with Gasteiger partial charge in [0.1, 0.15) is 24.2 Å². The smallest absolute Gasteiger partial charge is 0.451 e. The minimum atomic E-state index is -5.74. The Hall–Kier alpha value is -2.04. The molecular weight excluding hydrogens is 619 g/mol. The SMILES string of the molecule is NCCCCC(N)C(=O)OCC#Cc1cn([C@H]2CC(O)[C@@H](COP(=O)(O)OP(=O)(O)OP(=O)(O)O)O2)c(=O)nc1N. The molecule has 0 spiro atoms. The summed E-state index contributed by atoms with van der Waals surface area (Å²) in [4.78, 5) is 63.8. The lowest BCUT2D eigenvalue weighted by atomic mass is 10.1. The van der Waals surface area contributed by atoms with E-state index in [-0.39, 0.29) is 24.4 Å². The van der Waals surface area contributed by atoms with Crippen LogP contribution in [0.2, 0.25) is 0 Å². The van der Waals surface area contributed by atoms with E-state index in [1.54, 1.807) is 0 Å². The molecule has 23 heteroatoms. The van der Waals surface area contributed by atoms with Gasteiger partial charge in [0.05, 0.1) is 18.3 Å². The summed E-state index contributed by atoms with van der Waals surface area (Å²) in [6.45, 7) is -0.813. The van der Waals surface area contributed by atoms with Crippen LogP contribution in [0, 0.1) is 11.8 Å². The van der Waals surface area contributed by atoms with Crippen LogP contribution in [-0.4, -0.2) is 78.2 Å². The molecule has 0 bridgehead atoms. The van der Waals surface area contributed by atoms with Crippen molar-refractivity contribution in [3.05, 3.63) is 22.2 Å². The lowest BCUT2D eigenvalue weighted by molar-refractivity contribution is -0.143. The van der Waals surface area contributed by atoms with Crippen LogP contribution >= 0.6 is 23.5 Å². The topological polar surface area (TPSA) is 329 Å². The predicted molar refractivity (Wildman–Crippen MR) is 136 cm³/mol. The van der Waals surface area contributed by atoms with E-state index < -0.39 is 66.2 Å². The van der Waals surface area contributed by atoms with Crippen molar-refractivity contribution in [2.75, 3.05) is 25.5 Å². The van der Waals surface area contributed by atoms with Crippen molar-refractivity contribution in [1.82, 2.24) is 9.55 Å². The van der Waals surface area contributed by atoms with Crippen molar-refractivity contribution in [1.29, 1.82) is 0 Å². The van der Waals surface area contributed by atoms with E-state index in [2.05, 4.69) is 30.0 Å². The maximum atomic E-state index is 12.4. The molecular formula is C18H30N5O15P3. The summed E-state index contributed by atoms with van der Waals surface area (Å²) >= 11 is 0. The molecule has 0 saturated carbocycles. The first-order valence-electron chi connectivity index (χ1n) is 11.5. The van der Waals surface area contributed by atoms with Crippen LogP contribution in [0.1, 0.15) is 37.5 Å². The molecule has 1 aliphatic heterocycles. The standard InChI is InChI=1S/C18H30N5O15P3/c19-6-2-1-5-12(20)17(25)34-7-3-4-11-9-23(18(26)22-16(11)21)15-8-13(24)14(36-15)10-35-40(30,31)38-41(32,33)37-39(27,28)29/h9,12-15,24H,1-2,5-8,10,19-20H2,(H,30,31)(H,32,33)(H2,21,22,26)(H2,27,28,29)/t12?,13?,14-,15-/m1/s1. The Labute approximate surface area is 232 Å². The molecule has 2 heterocycles.